The molecule has 0 atom stereocenters. The number of methoxy groups -OCH3 is 1. The molecule has 1 aromatic rings. The third kappa shape index (κ3) is 3.70. The van der Waals surface area contributed by atoms with Crippen LogP contribution in [0.2, 0.25) is 0 Å². The van der Waals surface area contributed by atoms with Crippen LogP contribution in [0.3, 0.4) is 0 Å². The molecule has 1 N–H and O–H groups in total. The second kappa shape index (κ2) is 5.49. The standard InChI is InChI=1S/C12H16FNO/c1-9-8-10(6-7-11(9)13)4-3-5-12(14)15-2/h6-8,14H,3-5H2,1-2H3. The van der Waals surface area contributed by atoms with Crippen LogP contribution >= 0.6 is 0 Å². The number of ether oxygens (including phenoxy) is 1. The van der Waals surface area contributed by atoms with Gasteiger partial charge in [-0.05, 0) is 37.0 Å². The zero-order valence-electron chi connectivity index (χ0n) is 9.14. The van der Waals surface area contributed by atoms with Gasteiger partial charge in [0.1, 0.15) is 5.82 Å². The maximum atomic E-state index is 12.9. The van der Waals surface area contributed by atoms with E-state index in [9.17, 15) is 4.39 Å². The normalized spacial score (nSPS) is 10.1. The number of halogens is 1. The van der Waals surface area contributed by atoms with Crippen molar-refractivity contribution < 1.29 is 9.13 Å². The lowest BCUT2D eigenvalue weighted by Crippen LogP contribution is -1.99. The Hall–Kier alpha value is -1.38. The maximum Gasteiger partial charge on any atom is 0.180 e. The van der Waals surface area contributed by atoms with Crippen molar-refractivity contribution in [2.75, 3.05) is 7.11 Å². The summed E-state index contributed by atoms with van der Waals surface area (Å²) in [4.78, 5) is 0. The lowest BCUT2D eigenvalue weighted by Gasteiger charge is -2.04. The van der Waals surface area contributed by atoms with Gasteiger partial charge in [0.05, 0.1) is 7.11 Å². The van der Waals surface area contributed by atoms with Gasteiger partial charge in [0.15, 0.2) is 5.90 Å². The van der Waals surface area contributed by atoms with Crippen LogP contribution in [0.15, 0.2) is 18.2 Å². The summed E-state index contributed by atoms with van der Waals surface area (Å²) in [6.07, 6.45) is 2.34. The minimum absolute atomic E-state index is 0.164. The molecule has 0 aromatic heterocycles. The van der Waals surface area contributed by atoms with Crippen molar-refractivity contribution in [3.05, 3.63) is 35.1 Å². The highest BCUT2D eigenvalue weighted by molar-refractivity contribution is 5.72. The first-order valence-corrected chi connectivity index (χ1v) is 5.00. The van der Waals surface area contributed by atoms with Crippen molar-refractivity contribution in [3.63, 3.8) is 0 Å². The van der Waals surface area contributed by atoms with Crippen LogP contribution < -0.4 is 0 Å². The van der Waals surface area contributed by atoms with Crippen molar-refractivity contribution in [2.45, 2.75) is 26.2 Å². The van der Waals surface area contributed by atoms with E-state index >= 15 is 0 Å². The molecule has 3 heteroatoms. The van der Waals surface area contributed by atoms with Crippen molar-refractivity contribution in [1.29, 1.82) is 5.41 Å². The fourth-order valence-electron chi connectivity index (χ4n) is 1.42. The van der Waals surface area contributed by atoms with E-state index in [1.54, 1.807) is 13.0 Å². The van der Waals surface area contributed by atoms with Gasteiger partial charge in [-0.2, -0.15) is 0 Å². The Morgan fingerprint density at radius 3 is 2.80 bits per heavy atom. The molecule has 0 aliphatic heterocycles. The van der Waals surface area contributed by atoms with Crippen LogP contribution in [-0.2, 0) is 11.2 Å². The molecule has 0 amide bonds. The lowest BCUT2D eigenvalue weighted by atomic mass is 10.1. The third-order valence-corrected chi connectivity index (χ3v) is 2.34. The predicted molar refractivity (Wildman–Crippen MR) is 58.8 cm³/mol. The molecule has 0 radical (unpaired) electrons. The van der Waals surface area contributed by atoms with Crippen LogP contribution in [0.25, 0.3) is 0 Å². The Morgan fingerprint density at radius 2 is 2.20 bits per heavy atom. The highest BCUT2D eigenvalue weighted by Gasteiger charge is 2.00. The molecule has 0 fully saturated rings. The summed E-state index contributed by atoms with van der Waals surface area (Å²) in [5.41, 5.74) is 1.78. The number of aryl methyl sites for hydroxylation is 2. The highest BCUT2D eigenvalue weighted by Crippen LogP contribution is 2.11. The van der Waals surface area contributed by atoms with Gasteiger partial charge in [-0.25, -0.2) is 4.39 Å². The van der Waals surface area contributed by atoms with Gasteiger partial charge in [0.2, 0.25) is 0 Å². The van der Waals surface area contributed by atoms with Crippen LogP contribution in [0.1, 0.15) is 24.0 Å². The summed E-state index contributed by atoms with van der Waals surface area (Å²) >= 11 is 0. The van der Waals surface area contributed by atoms with E-state index < -0.39 is 0 Å². The van der Waals surface area contributed by atoms with Crippen LogP contribution in [0.4, 0.5) is 4.39 Å². The fourth-order valence-corrected chi connectivity index (χ4v) is 1.42. The monoisotopic (exact) mass is 209 g/mol. The first-order valence-electron chi connectivity index (χ1n) is 5.00. The molecule has 15 heavy (non-hydrogen) atoms. The van der Waals surface area contributed by atoms with Gasteiger partial charge < -0.3 is 4.74 Å². The summed E-state index contributed by atoms with van der Waals surface area (Å²) < 4.78 is 17.7. The Labute approximate surface area is 89.6 Å². The average molecular weight is 209 g/mol. The number of hydrogen-bond acceptors (Lipinski definition) is 2. The smallest absolute Gasteiger partial charge is 0.180 e. The molecule has 0 spiro atoms. The molecule has 0 saturated heterocycles. The first-order chi connectivity index (χ1) is 7.13. The van der Waals surface area contributed by atoms with E-state index in [4.69, 9.17) is 10.1 Å². The molecule has 82 valence electrons. The summed E-state index contributed by atoms with van der Waals surface area (Å²) in [5, 5.41) is 7.30. The molecule has 1 aromatic carbocycles. The predicted octanol–water partition coefficient (Wildman–Crippen LogP) is 3.08. The van der Waals surface area contributed by atoms with Gasteiger partial charge in [0.25, 0.3) is 0 Å². The van der Waals surface area contributed by atoms with E-state index in [1.165, 1.54) is 13.2 Å². The molecule has 0 heterocycles. The Balaban J connectivity index is 2.44. The second-order valence-electron chi connectivity index (χ2n) is 3.56. The van der Waals surface area contributed by atoms with Crippen LogP contribution in [0.5, 0.6) is 0 Å². The Bertz CT molecular complexity index is 349. The van der Waals surface area contributed by atoms with Gasteiger partial charge in [0, 0.05) is 6.42 Å². The number of benzene rings is 1. The first kappa shape index (κ1) is 11.7. The van der Waals surface area contributed by atoms with E-state index in [1.807, 2.05) is 6.07 Å². The van der Waals surface area contributed by atoms with E-state index in [0.29, 0.717) is 17.9 Å². The quantitative estimate of drug-likeness (QED) is 0.600. The summed E-state index contributed by atoms with van der Waals surface area (Å²) in [6, 6.07) is 5.14. The molecular weight excluding hydrogens is 193 g/mol. The van der Waals surface area contributed by atoms with Crippen LogP contribution in [-0.4, -0.2) is 13.0 Å². The second-order valence-corrected chi connectivity index (χ2v) is 3.56. The molecule has 2 nitrogen and oxygen atoms in total. The van der Waals surface area contributed by atoms with Gasteiger partial charge >= 0.3 is 0 Å². The van der Waals surface area contributed by atoms with Crippen molar-refractivity contribution in [2.24, 2.45) is 0 Å². The van der Waals surface area contributed by atoms with Crippen molar-refractivity contribution in [3.8, 4) is 0 Å². The zero-order chi connectivity index (χ0) is 11.3. The molecule has 0 aliphatic carbocycles. The largest absolute Gasteiger partial charge is 0.484 e. The maximum absolute atomic E-state index is 12.9. The molecule has 0 aliphatic rings. The Morgan fingerprint density at radius 1 is 1.47 bits per heavy atom. The third-order valence-electron chi connectivity index (χ3n) is 2.34. The van der Waals surface area contributed by atoms with Gasteiger partial charge in [-0.15, -0.1) is 0 Å². The number of nitrogens with one attached hydrogen (secondary N) is 1. The van der Waals surface area contributed by atoms with E-state index in [-0.39, 0.29) is 5.82 Å². The summed E-state index contributed by atoms with van der Waals surface area (Å²) in [5.74, 6) is 0.136. The minimum Gasteiger partial charge on any atom is -0.484 e. The fraction of sp³-hybridized carbons (Fsp3) is 0.417. The van der Waals surface area contributed by atoms with Crippen molar-refractivity contribution in [1.82, 2.24) is 0 Å². The minimum atomic E-state index is -0.164. The topological polar surface area (TPSA) is 33.1 Å². The molecule has 0 bridgehead atoms. The molecule has 0 saturated carbocycles. The van der Waals surface area contributed by atoms with Gasteiger partial charge in [-0.1, -0.05) is 12.1 Å². The molecule has 0 unspecified atom stereocenters. The zero-order valence-corrected chi connectivity index (χ0v) is 9.14. The summed E-state index contributed by atoms with van der Waals surface area (Å²) in [7, 11) is 1.50. The Kier molecular flexibility index (Phi) is 4.28. The van der Waals surface area contributed by atoms with Gasteiger partial charge in [-0.3, -0.25) is 5.41 Å². The molecule has 1 rings (SSSR count). The SMILES string of the molecule is COC(=N)CCCc1ccc(F)c(C)c1. The lowest BCUT2D eigenvalue weighted by molar-refractivity contribution is 0.384. The van der Waals surface area contributed by atoms with Crippen molar-refractivity contribution >= 4 is 5.90 Å². The highest BCUT2D eigenvalue weighted by atomic mass is 19.1. The average Bonchev–Trinajstić information content (AvgIpc) is 2.23. The number of hydrogen-bond donors (Lipinski definition) is 1. The number of rotatable bonds is 4. The molecular formula is C12H16FNO. The van der Waals surface area contributed by atoms with E-state index in [0.717, 1.165) is 18.4 Å². The van der Waals surface area contributed by atoms with E-state index in [2.05, 4.69) is 0 Å². The summed E-state index contributed by atoms with van der Waals surface area (Å²) in [6.45, 7) is 1.76. The van der Waals surface area contributed by atoms with Crippen LogP contribution in [0, 0.1) is 18.2 Å².